The Morgan fingerprint density at radius 2 is 1.58 bits per heavy atom. The Kier molecular flexibility index (Phi) is 28.9. The molecule has 0 aromatic carbocycles. The number of alkyl halides is 1. The number of nitrogens with two attached hydrogens (primary N) is 1. The lowest BCUT2D eigenvalue weighted by Gasteiger charge is -2.00. The normalized spacial score (nSPS) is 8.50. The molecule has 0 aromatic heterocycles. The topological polar surface area (TPSA) is 38.0 Å². The zero-order valence-corrected chi connectivity index (χ0v) is 12.2. The SMILES string of the molecule is Br.Br.NCCCCNCCCBr. The molecule has 0 atom stereocenters. The van der Waals surface area contributed by atoms with Gasteiger partial charge in [0.15, 0.2) is 0 Å². The number of hydrogen-bond donors (Lipinski definition) is 2. The molecule has 3 N–H and O–H groups in total. The minimum absolute atomic E-state index is 0. The van der Waals surface area contributed by atoms with Crippen LogP contribution in [0.1, 0.15) is 19.3 Å². The van der Waals surface area contributed by atoms with Crippen LogP contribution in [0.25, 0.3) is 0 Å². The Morgan fingerprint density at radius 1 is 1.00 bits per heavy atom. The summed E-state index contributed by atoms with van der Waals surface area (Å²) < 4.78 is 0. The summed E-state index contributed by atoms with van der Waals surface area (Å²) in [5.74, 6) is 0. The zero-order valence-electron chi connectivity index (χ0n) is 7.22. The molecule has 0 radical (unpaired) electrons. The summed E-state index contributed by atoms with van der Waals surface area (Å²) in [6, 6.07) is 0. The van der Waals surface area contributed by atoms with E-state index in [2.05, 4.69) is 21.2 Å². The van der Waals surface area contributed by atoms with Crippen LogP contribution in [0.3, 0.4) is 0 Å². The van der Waals surface area contributed by atoms with E-state index in [9.17, 15) is 0 Å². The van der Waals surface area contributed by atoms with Gasteiger partial charge < -0.3 is 11.1 Å². The Labute approximate surface area is 105 Å². The lowest BCUT2D eigenvalue weighted by molar-refractivity contribution is 0.623. The molecule has 0 heterocycles. The molecule has 0 aromatic rings. The molecule has 0 saturated heterocycles. The monoisotopic (exact) mass is 368 g/mol. The predicted octanol–water partition coefficient (Wildman–Crippen LogP) is 2.26. The van der Waals surface area contributed by atoms with Crippen molar-refractivity contribution in [2.75, 3.05) is 25.0 Å². The fraction of sp³-hybridized carbons (Fsp3) is 1.00. The highest BCUT2D eigenvalue weighted by molar-refractivity contribution is 9.09. The van der Waals surface area contributed by atoms with E-state index in [1.54, 1.807) is 0 Å². The Morgan fingerprint density at radius 3 is 2.08 bits per heavy atom. The van der Waals surface area contributed by atoms with Gasteiger partial charge in [-0.3, -0.25) is 0 Å². The van der Waals surface area contributed by atoms with Crippen LogP contribution in [-0.2, 0) is 0 Å². The highest BCUT2D eigenvalue weighted by atomic mass is 79.9. The van der Waals surface area contributed by atoms with Crippen molar-refractivity contribution >= 4 is 49.9 Å². The van der Waals surface area contributed by atoms with E-state index < -0.39 is 0 Å². The van der Waals surface area contributed by atoms with Crippen LogP contribution >= 0.6 is 49.9 Å². The number of unbranched alkanes of at least 4 members (excludes halogenated alkanes) is 1. The zero-order chi connectivity index (χ0) is 7.66. The molecule has 0 aliphatic carbocycles. The molecule has 0 amide bonds. The maximum Gasteiger partial charge on any atom is 0.00433 e. The van der Waals surface area contributed by atoms with Crippen molar-refractivity contribution in [2.45, 2.75) is 19.3 Å². The number of hydrogen-bond acceptors (Lipinski definition) is 2. The van der Waals surface area contributed by atoms with E-state index in [0.29, 0.717) is 0 Å². The van der Waals surface area contributed by atoms with Crippen molar-refractivity contribution in [2.24, 2.45) is 5.73 Å². The first-order valence-electron chi connectivity index (χ1n) is 3.88. The largest absolute Gasteiger partial charge is 0.330 e. The molecule has 0 fully saturated rings. The molecule has 0 rings (SSSR count). The summed E-state index contributed by atoms with van der Waals surface area (Å²) in [5.41, 5.74) is 5.33. The number of halogens is 3. The fourth-order valence-corrected chi connectivity index (χ4v) is 0.992. The van der Waals surface area contributed by atoms with Crippen molar-refractivity contribution < 1.29 is 0 Å². The van der Waals surface area contributed by atoms with Crippen molar-refractivity contribution in [1.82, 2.24) is 5.32 Å². The second kappa shape index (κ2) is 18.2. The third-order valence-electron chi connectivity index (χ3n) is 1.29. The maximum atomic E-state index is 5.33. The summed E-state index contributed by atoms with van der Waals surface area (Å²) in [5, 5.41) is 4.43. The first kappa shape index (κ1) is 19.0. The fourth-order valence-electron chi connectivity index (χ4n) is 0.711. The average molecular weight is 371 g/mol. The van der Waals surface area contributed by atoms with Gasteiger partial charge in [-0.05, 0) is 38.9 Å². The summed E-state index contributed by atoms with van der Waals surface area (Å²) in [7, 11) is 0. The molecule has 2 nitrogen and oxygen atoms in total. The molecule has 0 bridgehead atoms. The van der Waals surface area contributed by atoms with Crippen LogP contribution in [0, 0.1) is 0 Å². The van der Waals surface area contributed by atoms with Gasteiger partial charge in [-0.15, -0.1) is 34.0 Å². The smallest absolute Gasteiger partial charge is 0.00433 e. The predicted molar refractivity (Wildman–Crippen MR) is 70.2 cm³/mol. The summed E-state index contributed by atoms with van der Waals surface area (Å²) in [6.07, 6.45) is 3.56. The quantitative estimate of drug-likeness (QED) is 0.533. The number of nitrogens with one attached hydrogen (secondary N) is 1. The first-order chi connectivity index (χ1) is 4.91. The minimum atomic E-state index is 0. The standard InChI is InChI=1S/C7H17BrN2.2BrH/c8-4-3-7-10-6-2-1-5-9;;/h10H,1-7,9H2;2*1H. The molecule has 0 spiro atoms. The molecule has 0 aliphatic heterocycles. The highest BCUT2D eigenvalue weighted by Crippen LogP contribution is 1.86. The Bertz CT molecular complexity index is 56.6. The number of rotatable bonds is 7. The van der Waals surface area contributed by atoms with E-state index in [-0.39, 0.29) is 34.0 Å². The van der Waals surface area contributed by atoms with Crippen molar-refractivity contribution in [3.05, 3.63) is 0 Å². The molecule has 0 aliphatic rings. The molecular formula is C7H19Br3N2. The van der Waals surface area contributed by atoms with Crippen LogP contribution < -0.4 is 11.1 Å². The maximum absolute atomic E-state index is 5.33. The lowest BCUT2D eigenvalue weighted by Crippen LogP contribution is -2.17. The average Bonchev–Trinajstić information content (AvgIpc) is 1.97. The van der Waals surface area contributed by atoms with Gasteiger partial charge in [0.2, 0.25) is 0 Å². The first-order valence-corrected chi connectivity index (χ1v) is 5.00. The second-order valence-corrected chi connectivity index (χ2v) is 3.08. The van der Waals surface area contributed by atoms with Crippen molar-refractivity contribution in [3.63, 3.8) is 0 Å². The van der Waals surface area contributed by atoms with Crippen LogP contribution in [0.2, 0.25) is 0 Å². The van der Waals surface area contributed by atoms with E-state index in [1.807, 2.05) is 0 Å². The lowest BCUT2D eigenvalue weighted by atomic mass is 10.3. The summed E-state index contributed by atoms with van der Waals surface area (Å²) >= 11 is 3.37. The van der Waals surface area contributed by atoms with E-state index >= 15 is 0 Å². The summed E-state index contributed by atoms with van der Waals surface area (Å²) in [6.45, 7) is 3.06. The van der Waals surface area contributed by atoms with Gasteiger partial charge in [-0.25, -0.2) is 0 Å². The summed E-state index contributed by atoms with van der Waals surface area (Å²) in [4.78, 5) is 0. The van der Waals surface area contributed by atoms with Gasteiger partial charge in [-0.2, -0.15) is 0 Å². The third-order valence-corrected chi connectivity index (χ3v) is 1.86. The van der Waals surface area contributed by atoms with Crippen molar-refractivity contribution in [1.29, 1.82) is 0 Å². The van der Waals surface area contributed by atoms with Gasteiger partial charge in [0.25, 0.3) is 0 Å². The highest BCUT2D eigenvalue weighted by Gasteiger charge is 1.85. The van der Waals surface area contributed by atoms with Gasteiger partial charge >= 0.3 is 0 Å². The van der Waals surface area contributed by atoms with Gasteiger partial charge in [0.1, 0.15) is 0 Å². The van der Waals surface area contributed by atoms with E-state index in [1.165, 1.54) is 12.8 Å². The van der Waals surface area contributed by atoms with Crippen LogP contribution in [0.4, 0.5) is 0 Å². The van der Waals surface area contributed by atoms with Crippen molar-refractivity contribution in [3.8, 4) is 0 Å². The van der Waals surface area contributed by atoms with E-state index in [0.717, 1.165) is 31.4 Å². The van der Waals surface area contributed by atoms with Gasteiger partial charge in [0, 0.05) is 5.33 Å². The Hall–Kier alpha value is 1.36. The van der Waals surface area contributed by atoms with Crippen LogP contribution in [0.5, 0.6) is 0 Å². The second-order valence-electron chi connectivity index (χ2n) is 2.29. The van der Waals surface area contributed by atoms with Crippen LogP contribution in [0.15, 0.2) is 0 Å². The van der Waals surface area contributed by atoms with Gasteiger partial charge in [-0.1, -0.05) is 15.9 Å². The minimum Gasteiger partial charge on any atom is -0.330 e. The Balaban J connectivity index is -0.000000405. The molecule has 0 unspecified atom stereocenters. The molecule has 0 saturated carbocycles. The molecule has 5 heteroatoms. The molecule has 78 valence electrons. The molecule has 12 heavy (non-hydrogen) atoms. The molecular weight excluding hydrogens is 352 g/mol. The van der Waals surface area contributed by atoms with Crippen LogP contribution in [-0.4, -0.2) is 25.0 Å². The van der Waals surface area contributed by atoms with Gasteiger partial charge in [0.05, 0.1) is 0 Å². The van der Waals surface area contributed by atoms with E-state index in [4.69, 9.17) is 5.73 Å². The third kappa shape index (κ3) is 17.4.